The molecule has 1 saturated heterocycles. The van der Waals surface area contributed by atoms with Crippen molar-refractivity contribution < 1.29 is 4.74 Å². The van der Waals surface area contributed by atoms with E-state index in [2.05, 4.69) is 24.3 Å². The quantitative estimate of drug-likeness (QED) is 0.909. The second-order valence-corrected chi connectivity index (χ2v) is 6.69. The van der Waals surface area contributed by atoms with Crippen LogP contribution in [0.2, 0.25) is 0 Å². The Hall–Kier alpha value is -0.670. The summed E-state index contributed by atoms with van der Waals surface area (Å²) in [4.78, 5) is 0. The largest absolute Gasteiger partial charge is 0.490 e. The SMILES string of the molecule is NC1(c2cccc(OC3CCSCC3)c2)CCC1. The van der Waals surface area contributed by atoms with Gasteiger partial charge in [-0.1, -0.05) is 12.1 Å². The highest BCUT2D eigenvalue weighted by Gasteiger charge is 2.34. The maximum Gasteiger partial charge on any atom is 0.120 e. The number of hydrogen-bond acceptors (Lipinski definition) is 3. The molecule has 0 aromatic heterocycles. The molecule has 1 aromatic carbocycles. The number of benzene rings is 1. The van der Waals surface area contributed by atoms with Crippen LogP contribution in [0.15, 0.2) is 24.3 Å². The Bertz CT molecular complexity index is 411. The molecule has 0 bridgehead atoms. The summed E-state index contributed by atoms with van der Waals surface area (Å²) in [6.07, 6.45) is 6.21. The minimum absolute atomic E-state index is 0.0816. The maximum atomic E-state index is 6.37. The van der Waals surface area contributed by atoms with Crippen molar-refractivity contribution in [3.63, 3.8) is 0 Å². The summed E-state index contributed by atoms with van der Waals surface area (Å²) in [5, 5.41) is 0. The van der Waals surface area contributed by atoms with Crippen LogP contribution in [0, 0.1) is 0 Å². The number of nitrogens with two attached hydrogens (primary N) is 1. The molecule has 3 heteroatoms. The number of ether oxygens (including phenoxy) is 1. The van der Waals surface area contributed by atoms with E-state index in [0.717, 1.165) is 18.6 Å². The van der Waals surface area contributed by atoms with Crippen LogP contribution < -0.4 is 10.5 Å². The first kappa shape index (κ1) is 12.4. The van der Waals surface area contributed by atoms with Crippen molar-refractivity contribution >= 4 is 11.8 Å². The van der Waals surface area contributed by atoms with Crippen molar-refractivity contribution in [3.05, 3.63) is 29.8 Å². The molecule has 18 heavy (non-hydrogen) atoms. The minimum Gasteiger partial charge on any atom is -0.490 e. The van der Waals surface area contributed by atoms with E-state index in [9.17, 15) is 0 Å². The lowest BCUT2D eigenvalue weighted by Crippen LogP contribution is -2.43. The molecular formula is C15H21NOS. The molecule has 2 fully saturated rings. The molecule has 3 rings (SSSR count). The first-order chi connectivity index (χ1) is 8.76. The zero-order chi connectivity index (χ0) is 12.4. The van der Waals surface area contributed by atoms with E-state index in [1.165, 1.54) is 36.3 Å². The van der Waals surface area contributed by atoms with Crippen LogP contribution in [0.5, 0.6) is 5.75 Å². The fourth-order valence-electron chi connectivity index (χ4n) is 2.71. The van der Waals surface area contributed by atoms with E-state index in [0.29, 0.717) is 6.10 Å². The van der Waals surface area contributed by atoms with Crippen molar-refractivity contribution in [2.45, 2.75) is 43.7 Å². The Morgan fingerprint density at radius 2 is 2.00 bits per heavy atom. The molecule has 0 amide bonds. The van der Waals surface area contributed by atoms with Crippen LogP contribution in [0.3, 0.4) is 0 Å². The number of hydrogen-bond donors (Lipinski definition) is 1. The summed E-state index contributed by atoms with van der Waals surface area (Å²) in [7, 11) is 0. The van der Waals surface area contributed by atoms with Gasteiger partial charge in [-0.05, 0) is 61.3 Å². The highest BCUT2D eigenvalue weighted by atomic mass is 32.2. The normalized spacial score (nSPS) is 23.4. The Morgan fingerprint density at radius 1 is 1.22 bits per heavy atom. The third kappa shape index (κ3) is 2.52. The van der Waals surface area contributed by atoms with E-state index in [1.54, 1.807) is 0 Å². The molecular weight excluding hydrogens is 242 g/mol. The van der Waals surface area contributed by atoms with Crippen LogP contribution in [-0.2, 0) is 5.54 Å². The zero-order valence-electron chi connectivity index (χ0n) is 10.7. The van der Waals surface area contributed by atoms with Gasteiger partial charge < -0.3 is 10.5 Å². The molecule has 0 spiro atoms. The second kappa shape index (κ2) is 5.14. The van der Waals surface area contributed by atoms with E-state index in [1.807, 2.05) is 11.8 Å². The van der Waals surface area contributed by atoms with Crippen LogP contribution >= 0.6 is 11.8 Å². The van der Waals surface area contributed by atoms with Gasteiger partial charge in [-0.15, -0.1) is 0 Å². The van der Waals surface area contributed by atoms with Crippen molar-refractivity contribution in [2.75, 3.05) is 11.5 Å². The lowest BCUT2D eigenvalue weighted by atomic mass is 9.73. The number of rotatable bonds is 3. The van der Waals surface area contributed by atoms with Gasteiger partial charge in [-0.3, -0.25) is 0 Å². The Morgan fingerprint density at radius 3 is 2.67 bits per heavy atom. The Kier molecular flexibility index (Phi) is 3.53. The van der Waals surface area contributed by atoms with Crippen molar-refractivity contribution in [3.8, 4) is 5.75 Å². The van der Waals surface area contributed by atoms with Crippen molar-refractivity contribution in [1.29, 1.82) is 0 Å². The van der Waals surface area contributed by atoms with Gasteiger partial charge in [-0.25, -0.2) is 0 Å². The van der Waals surface area contributed by atoms with Gasteiger partial charge in [0.25, 0.3) is 0 Å². The van der Waals surface area contributed by atoms with E-state index in [4.69, 9.17) is 10.5 Å². The third-order valence-corrected chi connectivity index (χ3v) is 5.17. The van der Waals surface area contributed by atoms with Crippen LogP contribution in [0.4, 0.5) is 0 Å². The molecule has 1 heterocycles. The molecule has 0 unspecified atom stereocenters. The molecule has 1 saturated carbocycles. The maximum absolute atomic E-state index is 6.37. The average molecular weight is 263 g/mol. The molecule has 0 atom stereocenters. The van der Waals surface area contributed by atoms with Gasteiger partial charge in [-0.2, -0.15) is 11.8 Å². The first-order valence-electron chi connectivity index (χ1n) is 6.90. The van der Waals surface area contributed by atoms with Gasteiger partial charge in [0, 0.05) is 5.54 Å². The molecule has 0 radical (unpaired) electrons. The summed E-state index contributed by atoms with van der Waals surface area (Å²) in [5.74, 6) is 3.46. The van der Waals surface area contributed by atoms with Crippen LogP contribution in [-0.4, -0.2) is 17.6 Å². The Labute approximate surface area is 113 Å². The summed E-state index contributed by atoms with van der Waals surface area (Å²) in [6, 6.07) is 8.44. The molecule has 2 N–H and O–H groups in total. The molecule has 1 aliphatic heterocycles. The molecule has 1 aliphatic carbocycles. The monoisotopic (exact) mass is 263 g/mol. The standard InChI is InChI=1S/C15H21NOS/c16-15(7-2-8-15)12-3-1-4-14(11-12)17-13-5-9-18-10-6-13/h1,3-4,11,13H,2,5-10,16H2. The third-order valence-electron chi connectivity index (χ3n) is 4.13. The fourth-order valence-corrected chi connectivity index (χ4v) is 3.77. The molecule has 1 aromatic rings. The van der Waals surface area contributed by atoms with E-state index in [-0.39, 0.29) is 5.54 Å². The smallest absolute Gasteiger partial charge is 0.120 e. The lowest BCUT2D eigenvalue weighted by molar-refractivity contribution is 0.190. The summed E-state index contributed by atoms with van der Waals surface area (Å²) in [5.41, 5.74) is 7.53. The van der Waals surface area contributed by atoms with Gasteiger partial charge >= 0.3 is 0 Å². The van der Waals surface area contributed by atoms with Crippen LogP contribution in [0.25, 0.3) is 0 Å². The highest BCUT2D eigenvalue weighted by Crippen LogP contribution is 2.39. The average Bonchev–Trinajstić information content (AvgIpc) is 2.37. The topological polar surface area (TPSA) is 35.2 Å². The van der Waals surface area contributed by atoms with E-state index >= 15 is 0 Å². The number of thioether (sulfide) groups is 1. The summed E-state index contributed by atoms with van der Waals surface area (Å²) < 4.78 is 6.09. The summed E-state index contributed by atoms with van der Waals surface area (Å²) in [6.45, 7) is 0. The highest BCUT2D eigenvalue weighted by molar-refractivity contribution is 7.99. The predicted molar refractivity (Wildman–Crippen MR) is 77.1 cm³/mol. The lowest BCUT2D eigenvalue weighted by Gasteiger charge is -2.38. The van der Waals surface area contributed by atoms with E-state index < -0.39 is 0 Å². The molecule has 98 valence electrons. The van der Waals surface area contributed by atoms with Crippen molar-refractivity contribution in [2.24, 2.45) is 5.73 Å². The Balaban J connectivity index is 1.70. The van der Waals surface area contributed by atoms with Gasteiger partial charge in [0.15, 0.2) is 0 Å². The van der Waals surface area contributed by atoms with Crippen LogP contribution in [0.1, 0.15) is 37.7 Å². The van der Waals surface area contributed by atoms with Gasteiger partial charge in [0.05, 0.1) is 0 Å². The summed E-state index contributed by atoms with van der Waals surface area (Å²) >= 11 is 2.03. The predicted octanol–water partition coefficient (Wildman–Crippen LogP) is 3.30. The fraction of sp³-hybridized carbons (Fsp3) is 0.600. The zero-order valence-corrected chi connectivity index (χ0v) is 11.5. The molecule has 2 nitrogen and oxygen atoms in total. The first-order valence-corrected chi connectivity index (χ1v) is 8.06. The molecule has 2 aliphatic rings. The van der Waals surface area contributed by atoms with Crippen molar-refractivity contribution in [1.82, 2.24) is 0 Å². The van der Waals surface area contributed by atoms with Gasteiger partial charge in [0.1, 0.15) is 11.9 Å². The second-order valence-electron chi connectivity index (χ2n) is 5.47. The minimum atomic E-state index is -0.0816. The van der Waals surface area contributed by atoms with Gasteiger partial charge in [0.2, 0.25) is 0 Å².